The van der Waals surface area contributed by atoms with Gasteiger partial charge in [-0.3, -0.25) is 4.79 Å². The molecule has 0 saturated carbocycles. The first-order chi connectivity index (χ1) is 22.5. The Morgan fingerprint density at radius 3 is 2.48 bits per heavy atom. The molecule has 0 aliphatic carbocycles. The molecule has 0 spiro atoms. The molecule has 10 rings (SSSR count). The Labute approximate surface area is 268 Å². The van der Waals surface area contributed by atoms with E-state index < -0.39 is 5.72 Å². The minimum absolute atomic E-state index is 0.0126. The molecule has 3 aromatic heterocycles. The van der Waals surface area contributed by atoms with Crippen LogP contribution in [0.3, 0.4) is 0 Å². The van der Waals surface area contributed by atoms with Crippen molar-refractivity contribution in [1.82, 2.24) is 19.4 Å². The molecular weight excluding hydrogens is 595 g/mol. The number of amides is 1. The number of thiazole rings is 1. The molecule has 0 unspecified atom stereocenters. The first-order valence-corrected chi connectivity index (χ1v) is 16.5. The summed E-state index contributed by atoms with van der Waals surface area (Å²) in [5.74, 6) is -0.0126. The molecule has 46 heavy (non-hydrogen) atoms. The lowest BCUT2D eigenvalue weighted by Crippen LogP contribution is -2.60. The smallest absolute Gasteiger partial charge is 0.252 e. The molecular formula is C37H31N5O3S. The highest BCUT2D eigenvalue weighted by atomic mass is 32.1. The number of hydrogen-bond acceptors (Lipinski definition) is 6. The number of hydrogen-bond donors (Lipinski definition) is 1. The van der Waals surface area contributed by atoms with Crippen molar-refractivity contribution in [2.75, 3.05) is 19.1 Å². The molecule has 1 saturated heterocycles. The van der Waals surface area contributed by atoms with Gasteiger partial charge in [0.2, 0.25) is 0 Å². The van der Waals surface area contributed by atoms with Crippen molar-refractivity contribution >= 4 is 66.0 Å². The van der Waals surface area contributed by atoms with E-state index in [1.54, 1.807) is 18.4 Å². The number of nitrogens with one attached hydrogen (secondary N) is 1. The molecule has 9 heteroatoms. The van der Waals surface area contributed by atoms with Crippen LogP contribution in [0.4, 0.5) is 5.13 Å². The van der Waals surface area contributed by atoms with Crippen LogP contribution in [0.2, 0.25) is 0 Å². The summed E-state index contributed by atoms with van der Waals surface area (Å²) >= 11 is 1.69. The van der Waals surface area contributed by atoms with E-state index in [0.717, 1.165) is 70.3 Å². The van der Waals surface area contributed by atoms with Gasteiger partial charge in [-0.25, -0.2) is 4.98 Å². The normalized spacial score (nSPS) is 23.5. The number of para-hydroxylation sites is 2. The van der Waals surface area contributed by atoms with E-state index in [4.69, 9.17) is 14.5 Å². The third-order valence-corrected chi connectivity index (χ3v) is 11.7. The molecule has 2 bridgehead atoms. The maximum atomic E-state index is 13.6. The van der Waals surface area contributed by atoms with Gasteiger partial charge >= 0.3 is 0 Å². The predicted octanol–water partition coefficient (Wildman–Crippen LogP) is 7.39. The van der Waals surface area contributed by atoms with Gasteiger partial charge < -0.3 is 28.8 Å². The largest absolute Gasteiger partial charge is 0.374 e. The molecule has 3 aliphatic rings. The summed E-state index contributed by atoms with van der Waals surface area (Å²) < 4.78 is 18.6. The van der Waals surface area contributed by atoms with E-state index in [1.165, 1.54) is 0 Å². The number of anilines is 1. The van der Waals surface area contributed by atoms with Crippen LogP contribution in [0.5, 0.6) is 0 Å². The van der Waals surface area contributed by atoms with Crippen LogP contribution in [0.15, 0.2) is 85.1 Å². The second-order valence-corrected chi connectivity index (χ2v) is 13.8. The molecule has 4 aromatic carbocycles. The number of fused-ring (bicyclic) bond motifs is 13. The molecule has 0 radical (unpaired) electrons. The molecule has 1 amide bonds. The molecule has 228 valence electrons. The molecule has 1 N–H and O–H groups in total. The van der Waals surface area contributed by atoms with Crippen molar-refractivity contribution in [1.29, 1.82) is 0 Å². The number of nitrogens with zero attached hydrogens (tertiary/aromatic N) is 4. The van der Waals surface area contributed by atoms with Gasteiger partial charge in [0, 0.05) is 54.9 Å². The topological polar surface area (TPSA) is 73.5 Å². The zero-order valence-electron chi connectivity index (χ0n) is 25.7. The fourth-order valence-electron chi connectivity index (χ4n) is 8.70. The molecule has 6 heterocycles. The van der Waals surface area contributed by atoms with Gasteiger partial charge in [0.25, 0.3) is 5.91 Å². The summed E-state index contributed by atoms with van der Waals surface area (Å²) in [7, 11) is 3.92. The third kappa shape index (κ3) is 3.20. The first kappa shape index (κ1) is 26.5. The number of aromatic nitrogens is 3. The number of ether oxygens (including phenoxy) is 2. The van der Waals surface area contributed by atoms with Crippen molar-refractivity contribution in [3.05, 3.63) is 96.2 Å². The van der Waals surface area contributed by atoms with Gasteiger partial charge in [-0.15, -0.1) is 0 Å². The van der Waals surface area contributed by atoms with E-state index in [-0.39, 0.29) is 24.3 Å². The van der Waals surface area contributed by atoms with Crippen LogP contribution < -0.4 is 10.2 Å². The van der Waals surface area contributed by atoms with Gasteiger partial charge in [0.15, 0.2) is 10.9 Å². The molecule has 4 atom stereocenters. The van der Waals surface area contributed by atoms with Crippen LogP contribution in [0, 0.1) is 0 Å². The van der Waals surface area contributed by atoms with Gasteiger partial charge in [-0.1, -0.05) is 78.1 Å². The number of methoxy groups -OCH3 is 1. The third-order valence-electron chi connectivity index (χ3n) is 10.5. The highest BCUT2D eigenvalue weighted by molar-refractivity contribution is 7.18. The highest BCUT2D eigenvalue weighted by Gasteiger charge is 2.54. The highest BCUT2D eigenvalue weighted by Crippen LogP contribution is 2.54. The lowest BCUT2D eigenvalue weighted by Gasteiger charge is -2.50. The zero-order valence-corrected chi connectivity index (χ0v) is 26.5. The predicted molar refractivity (Wildman–Crippen MR) is 183 cm³/mol. The van der Waals surface area contributed by atoms with E-state index >= 15 is 0 Å². The molecule has 7 aromatic rings. The first-order valence-electron chi connectivity index (χ1n) is 15.7. The van der Waals surface area contributed by atoms with Crippen molar-refractivity contribution in [3.63, 3.8) is 0 Å². The summed E-state index contributed by atoms with van der Waals surface area (Å²) in [4.78, 5) is 22.0. The number of carbonyl (C=O) groups is 1. The van der Waals surface area contributed by atoms with E-state index in [0.29, 0.717) is 13.0 Å². The fraction of sp³-hybridized carbons (Fsp3) is 0.243. The SMILES string of the molecule is CO[C@@H]1[C@H](N(C)c2ncc(-c3ccccc3)s2)C[C@H]2O[C@]1(C)n1c3ccccc3c3c4c(c5c6ccccc6n2c5c31)C(=O)NC4. The lowest BCUT2D eigenvalue weighted by atomic mass is 9.92. The molecule has 3 aliphatic heterocycles. The lowest BCUT2D eigenvalue weighted by molar-refractivity contribution is -0.253. The van der Waals surface area contributed by atoms with Crippen LogP contribution >= 0.6 is 11.3 Å². The second kappa shape index (κ2) is 9.19. The van der Waals surface area contributed by atoms with Gasteiger partial charge in [0.05, 0.1) is 38.5 Å². The van der Waals surface area contributed by atoms with Crippen molar-refractivity contribution in [3.8, 4) is 10.4 Å². The summed E-state index contributed by atoms with van der Waals surface area (Å²) in [6, 6.07) is 27.3. The van der Waals surface area contributed by atoms with E-state index in [1.807, 2.05) is 12.3 Å². The van der Waals surface area contributed by atoms with Crippen molar-refractivity contribution in [2.24, 2.45) is 0 Å². The Kier molecular flexibility index (Phi) is 5.30. The number of benzene rings is 4. The Balaban J connectivity index is 1.28. The Morgan fingerprint density at radius 2 is 1.70 bits per heavy atom. The second-order valence-electron chi connectivity index (χ2n) is 12.8. The summed E-state index contributed by atoms with van der Waals surface area (Å²) in [6.07, 6.45) is 1.99. The van der Waals surface area contributed by atoms with Crippen molar-refractivity contribution in [2.45, 2.75) is 44.0 Å². The van der Waals surface area contributed by atoms with Crippen LogP contribution in [-0.4, -0.2) is 46.3 Å². The maximum Gasteiger partial charge on any atom is 0.252 e. The van der Waals surface area contributed by atoms with Crippen LogP contribution in [-0.2, 0) is 21.7 Å². The zero-order chi connectivity index (χ0) is 30.9. The quantitative estimate of drug-likeness (QED) is 0.221. The molecule has 8 nitrogen and oxygen atoms in total. The van der Waals surface area contributed by atoms with E-state index in [2.05, 4.69) is 106 Å². The average molecular weight is 626 g/mol. The van der Waals surface area contributed by atoms with Crippen LogP contribution in [0.1, 0.15) is 35.5 Å². The van der Waals surface area contributed by atoms with Crippen molar-refractivity contribution < 1.29 is 14.3 Å². The summed E-state index contributed by atoms with van der Waals surface area (Å²) in [5.41, 5.74) is 6.40. The maximum absolute atomic E-state index is 13.6. The van der Waals surface area contributed by atoms with Gasteiger partial charge in [-0.05, 0) is 30.2 Å². The Hall–Kier alpha value is -4.70. The summed E-state index contributed by atoms with van der Waals surface area (Å²) in [6.45, 7) is 2.68. The standard InChI is InChI=1S/C37H31N5O3S/c1-37-34(44-3)26(40(2)36-39-19-27(46-36)20-11-5-4-6-12-20)17-28(45-37)41-24-15-9-7-13-21(24)30-31-23(18-38-35(31)43)29-22-14-8-10-16-25(22)42(37)33(29)32(30)41/h4-16,19,26,28,34H,17-18H2,1-3H3,(H,38,43)/t26-,28-,34-,37+/m1/s1. The Bertz CT molecular complexity index is 2410. The van der Waals surface area contributed by atoms with Gasteiger partial charge in [-0.2, -0.15) is 0 Å². The molecule has 1 fully saturated rings. The fourth-order valence-corrected chi connectivity index (χ4v) is 9.64. The van der Waals surface area contributed by atoms with Gasteiger partial charge in [0.1, 0.15) is 12.3 Å². The summed E-state index contributed by atoms with van der Waals surface area (Å²) in [5, 5.41) is 8.40. The van der Waals surface area contributed by atoms with Crippen LogP contribution in [0.25, 0.3) is 54.1 Å². The number of rotatable bonds is 4. The minimum Gasteiger partial charge on any atom is -0.374 e. The monoisotopic (exact) mass is 625 g/mol. The Morgan fingerprint density at radius 1 is 0.978 bits per heavy atom. The number of carbonyl (C=O) groups excluding carboxylic acids is 1. The van der Waals surface area contributed by atoms with E-state index in [9.17, 15) is 4.79 Å². The average Bonchev–Trinajstić information content (AvgIpc) is 3.85. The number of likely N-dealkylation sites (N-methyl/N-ethyl adjacent to an activating group) is 1. The minimum atomic E-state index is -0.880.